The number of rotatable bonds is 10. The van der Waals surface area contributed by atoms with E-state index in [-0.39, 0.29) is 12.3 Å². The highest BCUT2D eigenvalue weighted by Crippen LogP contribution is 2.29. The maximum atomic E-state index is 12.3. The molecule has 0 spiro atoms. The second kappa shape index (κ2) is 10.9. The Morgan fingerprint density at radius 2 is 1.91 bits per heavy atom. The number of carbonyl (C=O) groups excluding carboxylic acids is 1. The van der Waals surface area contributed by atoms with E-state index in [0.29, 0.717) is 42.8 Å². The van der Waals surface area contributed by atoms with Gasteiger partial charge in [0.1, 0.15) is 6.61 Å². The molecule has 168 valence electrons. The molecule has 0 atom stereocenters. The van der Waals surface area contributed by atoms with Gasteiger partial charge in [0.15, 0.2) is 11.5 Å². The number of aryl methyl sites for hydroxylation is 1. The lowest BCUT2D eigenvalue weighted by molar-refractivity contribution is -0.121. The smallest absolute Gasteiger partial charge is 0.227 e. The lowest BCUT2D eigenvalue weighted by atomic mass is 10.2. The monoisotopic (exact) mass is 444 g/mol. The average molecular weight is 444 g/mol. The van der Waals surface area contributed by atoms with Gasteiger partial charge in [0, 0.05) is 37.3 Å². The van der Waals surface area contributed by atoms with Crippen LogP contribution in [0.5, 0.6) is 11.5 Å². The van der Waals surface area contributed by atoms with Gasteiger partial charge in [-0.05, 0) is 35.4 Å². The van der Waals surface area contributed by atoms with Crippen LogP contribution in [0.25, 0.3) is 11.4 Å². The largest absolute Gasteiger partial charge is 0.493 e. The number of hydrogen-bond acceptors (Lipinski definition) is 7. The molecule has 0 bridgehead atoms. The topological polar surface area (TPSA) is 99.4 Å². The zero-order valence-electron chi connectivity index (χ0n) is 18.2. The Hall–Kier alpha value is -4.20. The lowest BCUT2D eigenvalue weighted by Crippen LogP contribution is -2.23. The van der Waals surface area contributed by atoms with Crippen LogP contribution in [0.2, 0.25) is 0 Å². The Morgan fingerprint density at radius 1 is 1.03 bits per heavy atom. The number of ether oxygens (including phenoxy) is 2. The maximum absolute atomic E-state index is 12.3. The first-order valence-corrected chi connectivity index (χ1v) is 10.5. The van der Waals surface area contributed by atoms with Crippen LogP contribution in [-0.4, -0.2) is 28.1 Å². The predicted molar refractivity (Wildman–Crippen MR) is 121 cm³/mol. The molecule has 2 aromatic heterocycles. The van der Waals surface area contributed by atoms with E-state index in [9.17, 15) is 4.79 Å². The molecular weight excluding hydrogens is 420 g/mol. The van der Waals surface area contributed by atoms with E-state index in [1.807, 2.05) is 54.6 Å². The van der Waals surface area contributed by atoms with Gasteiger partial charge in [-0.2, -0.15) is 4.98 Å². The van der Waals surface area contributed by atoms with Gasteiger partial charge in [-0.1, -0.05) is 41.6 Å². The zero-order valence-corrected chi connectivity index (χ0v) is 18.2. The van der Waals surface area contributed by atoms with E-state index in [1.54, 1.807) is 25.6 Å². The fraction of sp³-hybridized carbons (Fsp3) is 0.200. The van der Waals surface area contributed by atoms with Crippen LogP contribution in [0.4, 0.5) is 0 Å². The normalized spacial score (nSPS) is 10.6. The third-order valence-corrected chi connectivity index (χ3v) is 4.91. The van der Waals surface area contributed by atoms with Gasteiger partial charge in [-0.3, -0.25) is 9.78 Å². The number of pyridine rings is 1. The van der Waals surface area contributed by atoms with Crippen molar-refractivity contribution in [2.75, 3.05) is 7.11 Å². The number of aromatic nitrogens is 3. The van der Waals surface area contributed by atoms with Crippen LogP contribution >= 0.6 is 0 Å². The number of nitrogens with one attached hydrogen (secondary N) is 1. The molecule has 2 heterocycles. The average Bonchev–Trinajstić information content (AvgIpc) is 3.35. The molecule has 0 fully saturated rings. The van der Waals surface area contributed by atoms with Crippen LogP contribution in [0, 0.1) is 0 Å². The molecule has 2 aromatic carbocycles. The molecule has 0 unspecified atom stereocenters. The van der Waals surface area contributed by atoms with Gasteiger partial charge in [0.05, 0.1) is 7.11 Å². The molecule has 4 rings (SSSR count). The fourth-order valence-electron chi connectivity index (χ4n) is 3.15. The highest BCUT2D eigenvalue weighted by Gasteiger charge is 2.12. The Morgan fingerprint density at radius 3 is 2.70 bits per heavy atom. The third-order valence-electron chi connectivity index (χ3n) is 4.91. The summed E-state index contributed by atoms with van der Waals surface area (Å²) < 4.78 is 16.6. The molecular formula is C25H24N4O4. The fourth-order valence-corrected chi connectivity index (χ4v) is 3.15. The van der Waals surface area contributed by atoms with E-state index in [2.05, 4.69) is 20.4 Å². The van der Waals surface area contributed by atoms with Gasteiger partial charge in [-0.25, -0.2) is 0 Å². The summed E-state index contributed by atoms with van der Waals surface area (Å²) in [6, 6.07) is 19.2. The first-order chi connectivity index (χ1) is 16.2. The Balaban J connectivity index is 1.26. The summed E-state index contributed by atoms with van der Waals surface area (Å²) in [6.45, 7) is 0.824. The van der Waals surface area contributed by atoms with Gasteiger partial charge >= 0.3 is 0 Å². The van der Waals surface area contributed by atoms with E-state index >= 15 is 0 Å². The zero-order chi connectivity index (χ0) is 22.9. The number of nitrogens with zero attached hydrogens (tertiary/aromatic N) is 3. The van der Waals surface area contributed by atoms with Crippen LogP contribution in [0.3, 0.4) is 0 Å². The molecule has 0 aliphatic carbocycles. The van der Waals surface area contributed by atoms with Crippen LogP contribution in [0.15, 0.2) is 77.6 Å². The number of benzene rings is 2. The first kappa shape index (κ1) is 22.0. The SMILES string of the molecule is COc1cc(CNC(=O)CCc2nc(-c3cccnc3)no2)ccc1OCc1ccccc1. The summed E-state index contributed by atoms with van der Waals surface area (Å²) in [5.41, 5.74) is 2.75. The summed E-state index contributed by atoms with van der Waals surface area (Å²) in [5.74, 6) is 2.02. The van der Waals surface area contributed by atoms with Gasteiger partial charge in [0.2, 0.25) is 17.6 Å². The third kappa shape index (κ3) is 6.16. The number of methoxy groups -OCH3 is 1. The van der Waals surface area contributed by atoms with Crippen molar-refractivity contribution in [3.8, 4) is 22.9 Å². The van der Waals surface area contributed by atoms with Crippen molar-refractivity contribution >= 4 is 5.91 Å². The minimum atomic E-state index is -0.112. The standard InChI is InChI=1S/C25H24N4O4/c1-31-22-14-19(9-10-21(22)32-17-18-6-3-2-4-7-18)15-27-23(30)11-12-24-28-25(29-33-24)20-8-5-13-26-16-20/h2-10,13-14,16H,11-12,15,17H2,1H3,(H,27,30). The Labute approximate surface area is 191 Å². The summed E-state index contributed by atoms with van der Waals surface area (Å²) in [4.78, 5) is 20.6. The van der Waals surface area contributed by atoms with E-state index in [0.717, 1.165) is 16.7 Å². The van der Waals surface area contributed by atoms with Crippen molar-refractivity contribution in [3.05, 3.63) is 90.1 Å². The molecule has 1 N–H and O–H groups in total. The molecule has 0 radical (unpaired) electrons. The van der Waals surface area contributed by atoms with E-state index in [1.165, 1.54) is 0 Å². The Bertz CT molecular complexity index is 1180. The van der Waals surface area contributed by atoms with Gasteiger partial charge in [0.25, 0.3) is 0 Å². The summed E-state index contributed by atoms with van der Waals surface area (Å²) in [7, 11) is 1.59. The molecule has 33 heavy (non-hydrogen) atoms. The highest BCUT2D eigenvalue weighted by molar-refractivity contribution is 5.76. The quantitative estimate of drug-likeness (QED) is 0.395. The lowest BCUT2D eigenvalue weighted by Gasteiger charge is -2.13. The Kier molecular flexibility index (Phi) is 7.27. The first-order valence-electron chi connectivity index (χ1n) is 10.5. The summed E-state index contributed by atoms with van der Waals surface area (Å²) >= 11 is 0. The highest BCUT2D eigenvalue weighted by atomic mass is 16.5. The van der Waals surface area contributed by atoms with Crippen LogP contribution in [0.1, 0.15) is 23.4 Å². The van der Waals surface area contributed by atoms with Crippen molar-refractivity contribution in [3.63, 3.8) is 0 Å². The predicted octanol–water partition coefficient (Wildman–Crippen LogP) is 3.97. The van der Waals surface area contributed by atoms with Crippen molar-refractivity contribution in [1.29, 1.82) is 0 Å². The van der Waals surface area contributed by atoms with Crippen molar-refractivity contribution < 1.29 is 18.8 Å². The van der Waals surface area contributed by atoms with Crippen LogP contribution in [-0.2, 0) is 24.4 Å². The minimum absolute atomic E-state index is 0.112. The van der Waals surface area contributed by atoms with Crippen molar-refractivity contribution in [1.82, 2.24) is 20.4 Å². The molecule has 0 saturated carbocycles. The molecule has 0 aliphatic heterocycles. The van der Waals surface area contributed by atoms with Gasteiger partial charge in [-0.15, -0.1) is 0 Å². The second-order valence-corrected chi connectivity index (χ2v) is 7.29. The molecule has 0 aliphatic rings. The number of carbonyl (C=O) groups is 1. The molecule has 4 aromatic rings. The van der Waals surface area contributed by atoms with Gasteiger partial charge < -0.3 is 19.3 Å². The molecule has 0 saturated heterocycles. The summed E-state index contributed by atoms with van der Waals surface area (Å²) in [6.07, 6.45) is 3.93. The van der Waals surface area contributed by atoms with Crippen molar-refractivity contribution in [2.45, 2.75) is 26.0 Å². The van der Waals surface area contributed by atoms with E-state index in [4.69, 9.17) is 14.0 Å². The molecule has 8 nitrogen and oxygen atoms in total. The maximum Gasteiger partial charge on any atom is 0.227 e. The summed E-state index contributed by atoms with van der Waals surface area (Å²) in [5, 5.41) is 6.84. The number of amides is 1. The second-order valence-electron chi connectivity index (χ2n) is 7.29. The molecule has 1 amide bonds. The molecule has 8 heteroatoms. The van der Waals surface area contributed by atoms with E-state index < -0.39 is 0 Å². The van der Waals surface area contributed by atoms with Crippen LogP contribution < -0.4 is 14.8 Å². The minimum Gasteiger partial charge on any atom is -0.493 e. The number of hydrogen-bond donors (Lipinski definition) is 1. The van der Waals surface area contributed by atoms with Crippen molar-refractivity contribution in [2.24, 2.45) is 0 Å².